The van der Waals surface area contributed by atoms with Crippen LogP contribution in [0.1, 0.15) is 5.56 Å². The van der Waals surface area contributed by atoms with Crippen molar-refractivity contribution in [3.05, 3.63) is 77.3 Å². The van der Waals surface area contributed by atoms with E-state index in [-0.39, 0.29) is 5.82 Å². The third-order valence-electron chi connectivity index (χ3n) is 5.46. The van der Waals surface area contributed by atoms with Crippen LogP contribution in [0.25, 0.3) is 11.6 Å². The van der Waals surface area contributed by atoms with Crippen molar-refractivity contribution in [3.8, 4) is 11.5 Å². The number of ether oxygens (including phenoxy) is 2. The standard InChI is InChI=1S/C25H24F3N5O3/c1-32-14-17(13-30-32)16-5-4-6-22-21(29-12-16)7-8-24(31-22)33(15-23(34)25(26,27)28)18-9-19(35-2)11-20(10-18)36-3/h4-14,23,34H,15H2,1-3H3/b5-4-,6-4?,16-5?,16-12+,22-6+,29-12?,29-21-. The first kappa shape index (κ1) is 25.0. The van der Waals surface area contributed by atoms with Crippen molar-refractivity contribution in [2.24, 2.45) is 12.0 Å². The number of methoxy groups -OCH3 is 2. The Balaban J connectivity index is 1.79. The summed E-state index contributed by atoms with van der Waals surface area (Å²) in [6.07, 6.45) is 3.18. The van der Waals surface area contributed by atoms with Gasteiger partial charge in [0.25, 0.3) is 0 Å². The Hall–Kier alpha value is -4.12. The maximum atomic E-state index is 13.3. The highest BCUT2D eigenvalue weighted by Crippen LogP contribution is 2.33. The molecule has 1 atom stereocenters. The summed E-state index contributed by atoms with van der Waals surface area (Å²) in [5.41, 5.74) is 2.03. The van der Waals surface area contributed by atoms with Gasteiger partial charge in [0, 0.05) is 54.5 Å². The molecule has 1 N–H and O–H groups in total. The topological polar surface area (TPSA) is 85.0 Å². The molecule has 3 heterocycles. The number of aliphatic hydroxyl groups is 1. The minimum Gasteiger partial charge on any atom is -0.497 e. The zero-order valence-corrected chi connectivity index (χ0v) is 19.8. The van der Waals surface area contributed by atoms with E-state index in [2.05, 4.69) is 15.1 Å². The Bertz CT molecular complexity index is 1410. The molecular formula is C25H24F3N5O3. The van der Waals surface area contributed by atoms with Crippen molar-refractivity contribution in [2.75, 3.05) is 25.7 Å². The molecule has 0 saturated heterocycles. The average molecular weight is 499 g/mol. The molecule has 4 rings (SSSR count). The van der Waals surface area contributed by atoms with Gasteiger partial charge in [-0.15, -0.1) is 0 Å². The van der Waals surface area contributed by atoms with Crippen LogP contribution in [0.3, 0.4) is 0 Å². The number of pyridine rings is 1. The molecule has 0 aliphatic carbocycles. The van der Waals surface area contributed by atoms with Gasteiger partial charge in [-0.05, 0) is 18.2 Å². The van der Waals surface area contributed by atoms with Crippen LogP contribution in [0.4, 0.5) is 24.7 Å². The van der Waals surface area contributed by atoms with Gasteiger partial charge in [-0.3, -0.25) is 9.67 Å². The first-order chi connectivity index (χ1) is 17.2. The molecule has 1 aliphatic rings. The molecule has 1 aliphatic heterocycles. The number of allylic oxidation sites excluding steroid dienone is 3. The molecule has 1 aromatic carbocycles. The summed E-state index contributed by atoms with van der Waals surface area (Å²) in [6.45, 7) is -0.788. The molecule has 188 valence electrons. The summed E-state index contributed by atoms with van der Waals surface area (Å²) in [4.78, 5) is 10.3. The first-order valence-corrected chi connectivity index (χ1v) is 10.9. The van der Waals surface area contributed by atoms with E-state index >= 15 is 0 Å². The van der Waals surface area contributed by atoms with Crippen molar-refractivity contribution < 1.29 is 27.8 Å². The fourth-order valence-electron chi connectivity index (χ4n) is 3.56. The lowest BCUT2D eigenvalue weighted by Crippen LogP contribution is -2.40. The SMILES string of the molecule is COc1cc(OC)cc(N(CC(O)C(F)(F)F)c2ccc3/c(n2)=C\C=C/C(c2cnn(C)c2)=C\N=3)c1. The zero-order valence-electron chi connectivity index (χ0n) is 19.8. The summed E-state index contributed by atoms with van der Waals surface area (Å²) < 4.78 is 52.1. The highest BCUT2D eigenvalue weighted by Gasteiger charge is 2.40. The normalized spacial score (nSPS) is 18.1. The molecule has 3 aromatic rings. The Kier molecular flexibility index (Phi) is 7.11. The van der Waals surface area contributed by atoms with Crippen LogP contribution in [0.5, 0.6) is 11.5 Å². The maximum Gasteiger partial charge on any atom is 0.416 e. The Morgan fingerprint density at radius 2 is 1.83 bits per heavy atom. The number of hydrogen-bond donors (Lipinski definition) is 1. The fraction of sp³-hybridized carbons (Fsp3) is 0.240. The molecule has 36 heavy (non-hydrogen) atoms. The lowest BCUT2D eigenvalue weighted by molar-refractivity contribution is -0.199. The van der Waals surface area contributed by atoms with Crippen molar-refractivity contribution in [1.29, 1.82) is 0 Å². The second-order valence-corrected chi connectivity index (χ2v) is 7.95. The predicted molar refractivity (Wildman–Crippen MR) is 128 cm³/mol. The number of nitrogens with zero attached hydrogens (tertiary/aromatic N) is 5. The second kappa shape index (κ2) is 10.2. The minimum atomic E-state index is -4.82. The maximum absolute atomic E-state index is 13.3. The molecule has 1 unspecified atom stereocenters. The first-order valence-electron chi connectivity index (χ1n) is 10.9. The summed E-state index contributed by atoms with van der Waals surface area (Å²) in [6, 6.07) is 7.89. The molecule has 8 nitrogen and oxygen atoms in total. The average Bonchev–Trinajstić information content (AvgIpc) is 3.27. The molecule has 2 aromatic heterocycles. The molecule has 11 heteroatoms. The van der Waals surface area contributed by atoms with Crippen LogP contribution in [0.2, 0.25) is 0 Å². The number of halogens is 3. The number of anilines is 2. The Morgan fingerprint density at radius 3 is 2.44 bits per heavy atom. The van der Waals surface area contributed by atoms with Crippen LogP contribution in [-0.2, 0) is 7.05 Å². The van der Waals surface area contributed by atoms with Crippen LogP contribution < -0.4 is 25.1 Å². The smallest absolute Gasteiger partial charge is 0.416 e. The van der Waals surface area contributed by atoms with Gasteiger partial charge in [-0.2, -0.15) is 18.3 Å². The number of benzene rings is 1. The van der Waals surface area contributed by atoms with Crippen molar-refractivity contribution in [3.63, 3.8) is 0 Å². The van der Waals surface area contributed by atoms with E-state index in [4.69, 9.17) is 9.47 Å². The van der Waals surface area contributed by atoms with Gasteiger partial charge in [0.2, 0.25) is 0 Å². The van der Waals surface area contributed by atoms with Gasteiger partial charge in [-0.25, -0.2) is 4.98 Å². The largest absolute Gasteiger partial charge is 0.497 e. The summed E-state index contributed by atoms with van der Waals surface area (Å²) in [7, 11) is 4.69. The van der Waals surface area contributed by atoms with Crippen LogP contribution in [-0.4, -0.2) is 52.9 Å². The summed E-state index contributed by atoms with van der Waals surface area (Å²) in [5.74, 6) is 0.934. The highest BCUT2D eigenvalue weighted by molar-refractivity contribution is 5.74. The number of fused-ring (bicyclic) bond motifs is 1. The summed E-state index contributed by atoms with van der Waals surface area (Å²) >= 11 is 0. The van der Waals surface area contributed by atoms with Gasteiger partial charge < -0.3 is 19.5 Å². The van der Waals surface area contributed by atoms with Crippen LogP contribution >= 0.6 is 0 Å². The van der Waals surface area contributed by atoms with E-state index in [0.717, 1.165) is 11.1 Å². The Labute approximate surface area is 204 Å². The molecular weight excluding hydrogens is 475 g/mol. The number of hydrogen-bond acceptors (Lipinski definition) is 7. The quantitative estimate of drug-likeness (QED) is 0.538. The number of aromatic nitrogens is 3. The predicted octanol–water partition coefficient (Wildman–Crippen LogP) is 2.90. The highest BCUT2D eigenvalue weighted by atomic mass is 19.4. The van der Waals surface area contributed by atoms with E-state index in [1.54, 1.807) is 59.6 Å². The number of rotatable bonds is 7. The lowest BCUT2D eigenvalue weighted by atomic mass is 10.1. The monoisotopic (exact) mass is 499 g/mol. The van der Waals surface area contributed by atoms with E-state index in [1.165, 1.54) is 19.1 Å². The van der Waals surface area contributed by atoms with E-state index in [9.17, 15) is 18.3 Å². The third-order valence-corrected chi connectivity index (χ3v) is 5.46. The molecule has 0 bridgehead atoms. The molecule has 0 fully saturated rings. The second-order valence-electron chi connectivity index (χ2n) is 7.95. The molecule has 0 amide bonds. The van der Waals surface area contributed by atoms with Crippen molar-refractivity contribution >= 4 is 23.2 Å². The molecule has 0 saturated carbocycles. The fourth-order valence-corrected chi connectivity index (χ4v) is 3.56. The number of alkyl halides is 3. The lowest BCUT2D eigenvalue weighted by Gasteiger charge is -2.28. The van der Waals surface area contributed by atoms with E-state index < -0.39 is 18.8 Å². The van der Waals surface area contributed by atoms with Crippen molar-refractivity contribution in [2.45, 2.75) is 12.3 Å². The van der Waals surface area contributed by atoms with Gasteiger partial charge in [0.05, 0.1) is 37.7 Å². The summed E-state index contributed by atoms with van der Waals surface area (Å²) in [5, 5.41) is 15.0. The van der Waals surface area contributed by atoms with E-state index in [1.807, 2.05) is 19.3 Å². The van der Waals surface area contributed by atoms with Crippen molar-refractivity contribution in [1.82, 2.24) is 14.8 Å². The van der Waals surface area contributed by atoms with Gasteiger partial charge in [0.15, 0.2) is 6.10 Å². The van der Waals surface area contributed by atoms with Crippen LogP contribution in [0, 0.1) is 0 Å². The number of aryl methyl sites for hydroxylation is 1. The zero-order chi connectivity index (χ0) is 25.9. The van der Waals surface area contributed by atoms with Gasteiger partial charge in [-0.1, -0.05) is 12.2 Å². The van der Waals surface area contributed by atoms with E-state index in [0.29, 0.717) is 27.9 Å². The number of aliphatic hydroxyl groups excluding tert-OH is 1. The molecule has 0 radical (unpaired) electrons. The van der Waals surface area contributed by atoms with Gasteiger partial charge in [0.1, 0.15) is 17.3 Å². The third kappa shape index (κ3) is 5.57. The van der Waals surface area contributed by atoms with Gasteiger partial charge >= 0.3 is 6.18 Å². The minimum absolute atomic E-state index is 0.184. The Morgan fingerprint density at radius 1 is 1.11 bits per heavy atom. The van der Waals surface area contributed by atoms with Crippen LogP contribution in [0.15, 0.2) is 66.1 Å². The molecule has 0 spiro atoms.